The molecular formula is C9H13N3O2. The first-order chi connectivity index (χ1) is 6.68. The van der Waals surface area contributed by atoms with Crippen molar-refractivity contribution < 1.29 is 9.90 Å². The zero-order chi connectivity index (χ0) is 10.1. The van der Waals surface area contributed by atoms with Crippen LogP contribution in [0.3, 0.4) is 0 Å². The number of carboxylic acid groups (broad SMARTS) is 1. The van der Waals surface area contributed by atoms with Gasteiger partial charge in [-0.1, -0.05) is 0 Å². The van der Waals surface area contributed by atoms with Gasteiger partial charge in [0.1, 0.15) is 0 Å². The van der Waals surface area contributed by atoms with Crippen LogP contribution in [0.4, 0.5) is 0 Å². The molecule has 2 rings (SSSR count). The van der Waals surface area contributed by atoms with Crippen LogP contribution in [-0.4, -0.2) is 26.9 Å². The molecule has 1 fully saturated rings. The maximum Gasteiger partial charge on any atom is 0.338 e. The minimum Gasteiger partial charge on any atom is -0.478 e. The van der Waals surface area contributed by atoms with Crippen LogP contribution in [0, 0.1) is 0 Å². The average molecular weight is 195 g/mol. The summed E-state index contributed by atoms with van der Waals surface area (Å²) in [6.45, 7) is 0. The number of aromatic nitrogens is 2. The Morgan fingerprint density at radius 1 is 1.64 bits per heavy atom. The molecule has 1 aromatic heterocycles. The highest BCUT2D eigenvalue weighted by atomic mass is 16.4. The lowest BCUT2D eigenvalue weighted by Gasteiger charge is -2.15. The molecule has 0 aromatic carbocycles. The van der Waals surface area contributed by atoms with E-state index in [0.717, 1.165) is 19.3 Å². The molecule has 1 saturated carbocycles. The summed E-state index contributed by atoms with van der Waals surface area (Å²) >= 11 is 0. The molecule has 0 aliphatic heterocycles. The molecule has 0 saturated heterocycles. The van der Waals surface area contributed by atoms with Crippen LogP contribution in [0.5, 0.6) is 0 Å². The Hall–Kier alpha value is -1.36. The number of hydrogen-bond acceptors (Lipinski definition) is 3. The first-order valence-corrected chi connectivity index (χ1v) is 4.71. The third kappa shape index (κ3) is 1.50. The second kappa shape index (κ2) is 3.42. The van der Waals surface area contributed by atoms with Crippen molar-refractivity contribution in [1.29, 1.82) is 0 Å². The van der Waals surface area contributed by atoms with Gasteiger partial charge in [-0.3, -0.25) is 4.68 Å². The number of carboxylic acids is 1. The smallest absolute Gasteiger partial charge is 0.338 e. The zero-order valence-electron chi connectivity index (χ0n) is 7.76. The quantitative estimate of drug-likeness (QED) is 0.725. The number of hydrogen-bond donors (Lipinski definition) is 2. The number of rotatable bonds is 2. The van der Waals surface area contributed by atoms with Gasteiger partial charge in [0.05, 0.1) is 17.8 Å². The van der Waals surface area contributed by atoms with Crippen molar-refractivity contribution in [3.8, 4) is 0 Å². The standard InChI is InChI=1S/C9H13N3O2/c10-7-2-1-3-8(7)12-5-6(4-11-12)9(13)14/h4-5,7-8H,1-3,10H2,(H,13,14). The van der Waals surface area contributed by atoms with Crippen molar-refractivity contribution in [2.24, 2.45) is 5.73 Å². The van der Waals surface area contributed by atoms with E-state index in [1.54, 1.807) is 10.9 Å². The van der Waals surface area contributed by atoms with Gasteiger partial charge < -0.3 is 10.8 Å². The summed E-state index contributed by atoms with van der Waals surface area (Å²) in [6.07, 6.45) is 5.99. The molecule has 3 N–H and O–H groups in total. The molecule has 1 aliphatic carbocycles. The molecule has 5 nitrogen and oxygen atoms in total. The molecule has 0 spiro atoms. The lowest BCUT2D eigenvalue weighted by Crippen LogP contribution is -2.27. The minimum absolute atomic E-state index is 0.108. The first-order valence-electron chi connectivity index (χ1n) is 4.71. The van der Waals surface area contributed by atoms with Crippen molar-refractivity contribution in [2.75, 3.05) is 0 Å². The largest absolute Gasteiger partial charge is 0.478 e. The highest BCUT2D eigenvalue weighted by molar-refractivity contribution is 5.86. The van der Waals surface area contributed by atoms with Crippen LogP contribution in [0.2, 0.25) is 0 Å². The van der Waals surface area contributed by atoms with E-state index >= 15 is 0 Å². The normalized spacial score (nSPS) is 26.6. The van der Waals surface area contributed by atoms with E-state index in [2.05, 4.69) is 5.10 Å². The summed E-state index contributed by atoms with van der Waals surface area (Å²) in [5.74, 6) is -0.942. The molecular weight excluding hydrogens is 182 g/mol. The third-order valence-electron chi connectivity index (χ3n) is 2.72. The van der Waals surface area contributed by atoms with Crippen molar-refractivity contribution in [1.82, 2.24) is 9.78 Å². The van der Waals surface area contributed by atoms with E-state index in [0.29, 0.717) is 0 Å². The zero-order valence-corrected chi connectivity index (χ0v) is 7.76. The van der Waals surface area contributed by atoms with E-state index in [1.165, 1.54) is 6.20 Å². The van der Waals surface area contributed by atoms with Crippen LogP contribution < -0.4 is 5.73 Å². The molecule has 2 atom stereocenters. The molecule has 2 unspecified atom stereocenters. The topological polar surface area (TPSA) is 81.1 Å². The van der Waals surface area contributed by atoms with Gasteiger partial charge in [0.2, 0.25) is 0 Å². The molecule has 0 radical (unpaired) electrons. The fourth-order valence-corrected chi connectivity index (χ4v) is 1.93. The molecule has 76 valence electrons. The summed E-state index contributed by atoms with van der Waals surface area (Å²) in [4.78, 5) is 10.6. The molecule has 1 heterocycles. The van der Waals surface area contributed by atoms with Gasteiger partial charge in [0, 0.05) is 12.2 Å². The fourth-order valence-electron chi connectivity index (χ4n) is 1.93. The molecule has 5 heteroatoms. The SMILES string of the molecule is NC1CCCC1n1cc(C(=O)O)cn1. The van der Waals surface area contributed by atoms with Crippen LogP contribution in [-0.2, 0) is 0 Å². The van der Waals surface area contributed by atoms with Crippen molar-refractivity contribution in [2.45, 2.75) is 31.3 Å². The third-order valence-corrected chi connectivity index (χ3v) is 2.72. The Morgan fingerprint density at radius 2 is 2.43 bits per heavy atom. The summed E-state index contributed by atoms with van der Waals surface area (Å²) < 4.78 is 1.68. The predicted molar refractivity (Wildman–Crippen MR) is 50.0 cm³/mol. The number of aromatic carboxylic acids is 1. The number of carbonyl (C=O) groups is 1. The lowest BCUT2D eigenvalue weighted by molar-refractivity contribution is 0.0696. The van der Waals surface area contributed by atoms with Crippen LogP contribution >= 0.6 is 0 Å². The second-order valence-corrected chi connectivity index (χ2v) is 3.68. The Morgan fingerprint density at radius 3 is 2.93 bits per heavy atom. The van der Waals surface area contributed by atoms with Crippen molar-refractivity contribution in [3.63, 3.8) is 0 Å². The highest BCUT2D eigenvalue weighted by Crippen LogP contribution is 2.27. The van der Waals surface area contributed by atoms with Gasteiger partial charge >= 0.3 is 5.97 Å². The van der Waals surface area contributed by atoms with Gasteiger partial charge in [0.25, 0.3) is 0 Å². The summed E-state index contributed by atoms with van der Waals surface area (Å²) in [5.41, 5.74) is 6.11. The second-order valence-electron chi connectivity index (χ2n) is 3.68. The Kier molecular flexibility index (Phi) is 2.25. The molecule has 14 heavy (non-hydrogen) atoms. The number of nitrogens with two attached hydrogens (primary N) is 1. The van der Waals surface area contributed by atoms with E-state index in [9.17, 15) is 4.79 Å². The monoisotopic (exact) mass is 195 g/mol. The molecule has 1 aromatic rings. The van der Waals surface area contributed by atoms with Gasteiger partial charge in [-0.2, -0.15) is 5.10 Å². The lowest BCUT2D eigenvalue weighted by atomic mass is 10.2. The van der Waals surface area contributed by atoms with Crippen LogP contribution in [0.1, 0.15) is 35.7 Å². The summed E-state index contributed by atoms with van der Waals surface area (Å²) in [7, 11) is 0. The number of nitrogens with zero attached hydrogens (tertiary/aromatic N) is 2. The van der Waals surface area contributed by atoms with E-state index in [4.69, 9.17) is 10.8 Å². The molecule has 0 bridgehead atoms. The summed E-state index contributed by atoms with van der Waals surface area (Å²) in [5, 5.41) is 12.7. The van der Waals surface area contributed by atoms with Gasteiger partial charge in [-0.05, 0) is 19.3 Å². The van der Waals surface area contributed by atoms with Crippen LogP contribution in [0.25, 0.3) is 0 Å². The minimum atomic E-state index is -0.942. The molecule has 1 aliphatic rings. The van der Waals surface area contributed by atoms with Crippen molar-refractivity contribution in [3.05, 3.63) is 18.0 Å². The van der Waals surface area contributed by atoms with Gasteiger partial charge in [-0.15, -0.1) is 0 Å². The maximum absolute atomic E-state index is 10.6. The highest BCUT2D eigenvalue weighted by Gasteiger charge is 2.26. The van der Waals surface area contributed by atoms with Gasteiger partial charge in [-0.25, -0.2) is 4.79 Å². The Labute approximate surface area is 81.5 Å². The van der Waals surface area contributed by atoms with E-state index in [-0.39, 0.29) is 17.6 Å². The maximum atomic E-state index is 10.6. The van der Waals surface area contributed by atoms with Crippen LogP contribution in [0.15, 0.2) is 12.4 Å². The predicted octanol–water partition coefficient (Wildman–Crippen LogP) is 0.634. The van der Waals surface area contributed by atoms with Crippen molar-refractivity contribution >= 4 is 5.97 Å². The van der Waals surface area contributed by atoms with E-state index in [1.807, 2.05) is 0 Å². The molecule has 0 amide bonds. The summed E-state index contributed by atoms with van der Waals surface area (Å²) in [6, 6.07) is 0.277. The Balaban J connectivity index is 2.20. The fraction of sp³-hybridized carbons (Fsp3) is 0.556. The Bertz CT molecular complexity index is 348. The van der Waals surface area contributed by atoms with Gasteiger partial charge in [0.15, 0.2) is 0 Å². The average Bonchev–Trinajstić information content (AvgIpc) is 2.71. The first kappa shape index (κ1) is 9.21. The van der Waals surface area contributed by atoms with E-state index < -0.39 is 5.97 Å².